The number of hydrogen-bond donors (Lipinski definition) is 0. The second-order valence-electron chi connectivity index (χ2n) is 7.98. The number of amides is 1. The van der Waals surface area contributed by atoms with Crippen LogP contribution in [0.1, 0.15) is 32.3 Å². The highest BCUT2D eigenvalue weighted by molar-refractivity contribution is 5.92. The number of piperazine rings is 1. The summed E-state index contributed by atoms with van der Waals surface area (Å²) in [5.74, 6) is 0.366. The minimum absolute atomic E-state index is 0.192. The van der Waals surface area contributed by atoms with Crippen LogP contribution in [-0.4, -0.2) is 72.0 Å². The van der Waals surface area contributed by atoms with Crippen molar-refractivity contribution < 1.29 is 4.79 Å². The van der Waals surface area contributed by atoms with Gasteiger partial charge in [0.1, 0.15) is 0 Å². The molecule has 1 amide bonds. The Hall–Kier alpha value is -1.39. The summed E-state index contributed by atoms with van der Waals surface area (Å²) in [5.41, 5.74) is 1.02. The maximum Gasteiger partial charge on any atom is 0.233 e. The highest BCUT2D eigenvalue weighted by Gasteiger charge is 2.55. The van der Waals surface area contributed by atoms with Crippen LogP contribution in [0.15, 0.2) is 30.3 Å². The van der Waals surface area contributed by atoms with E-state index < -0.39 is 0 Å². The van der Waals surface area contributed by atoms with Gasteiger partial charge >= 0.3 is 0 Å². The summed E-state index contributed by atoms with van der Waals surface area (Å²) in [6, 6.07) is 11.6. The van der Waals surface area contributed by atoms with Crippen LogP contribution in [0.25, 0.3) is 0 Å². The smallest absolute Gasteiger partial charge is 0.233 e. The van der Waals surface area contributed by atoms with Crippen molar-refractivity contribution >= 4 is 5.91 Å². The fourth-order valence-electron chi connectivity index (χ4n) is 4.28. The summed E-state index contributed by atoms with van der Waals surface area (Å²) in [4.78, 5) is 20.2. The van der Waals surface area contributed by atoms with Crippen molar-refractivity contribution in [3.8, 4) is 0 Å². The van der Waals surface area contributed by atoms with E-state index in [2.05, 4.69) is 52.8 Å². The molecule has 4 nitrogen and oxygen atoms in total. The lowest BCUT2D eigenvalue weighted by Crippen LogP contribution is -2.65. The van der Waals surface area contributed by atoms with Gasteiger partial charge in [0.05, 0.1) is 5.41 Å². The lowest BCUT2D eigenvalue weighted by molar-refractivity contribution is -0.142. The number of carbonyl (C=O) groups is 1. The summed E-state index contributed by atoms with van der Waals surface area (Å²) in [6.45, 7) is 11.0. The van der Waals surface area contributed by atoms with Gasteiger partial charge in [0, 0.05) is 51.4 Å². The highest BCUT2D eigenvalue weighted by atomic mass is 16.2. The number of nitrogens with zero attached hydrogens (tertiary/aromatic N) is 3. The fraction of sp³-hybridized carbons (Fsp3) is 0.650. The lowest BCUT2D eigenvalue weighted by Gasteiger charge is -2.49. The highest BCUT2D eigenvalue weighted by Crippen LogP contribution is 2.50. The molecule has 3 aliphatic rings. The molecule has 24 heavy (non-hydrogen) atoms. The Morgan fingerprint density at radius 2 is 1.67 bits per heavy atom. The van der Waals surface area contributed by atoms with Gasteiger partial charge in [-0.25, -0.2) is 0 Å². The van der Waals surface area contributed by atoms with Gasteiger partial charge in [-0.1, -0.05) is 30.3 Å². The first kappa shape index (κ1) is 16.1. The quantitative estimate of drug-likeness (QED) is 0.846. The van der Waals surface area contributed by atoms with E-state index in [1.54, 1.807) is 0 Å². The first-order valence-electron chi connectivity index (χ1n) is 9.43. The Labute approximate surface area is 145 Å². The Bertz CT molecular complexity index is 582. The van der Waals surface area contributed by atoms with Gasteiger partial charge in [-0.3, -0.25) is 14.6 Å². The zero-order valence-corrected chi connectivity index (χ0v) is 14.9. The van der Waals surface area contributed by atoms with E-state index in [0.717, 1.165) is 52.1 Å². The summed E-state index contributed by atoms with van der Waals surface area (Å²) in [6.07, 6.45) is 2.04. The number of likely N-dealkylation sites (tertiary alicyclic amines) is 1. The summed E-state index contributed by atoms with van der Waals surface area (Å²) in [7, 11) is 0. The predicted octanol–water partition coefficient (Wildman–Crippen LogP) is 1.95. The average molecular weight is 327 g/mol. The van der Waals surface area contributed by atoms with E-state index in [4.69, 9.17) is 0 Å². The van der Waals surface area contributed by atoms with Crippen molar-refractivity contribution in [1.82, 2.24) is 14.7 Å². The standard InChI is InChI=1S/C20H29N3O/c1-16(2)21-10-12-22(13-11-21)18-14-23(15-18)19(24)20(8-9-20)17-6-4-3-5-7-17/h3-7,16,18H,8-15H2,1-2H3. The third-order valence-electron chi connectivity index (χ3n) is 6.23. The molecule has 4 rings (SSSR count). The summed E-state index contributed by atoms with van der Waals surface area (Å²) < 4.78 is 0. The average Bonchev–Trinajstić information content (AvgIpc) is 3.36. The van der Waals surface area contributed by atoms with Gasteiger partial charge in [-0.15, -0.1) is 0 Å². The molecule has 2 saturated heterocycles. The second-order valence-corrected chi connectivity index (χ2v) is 7.98. The van der Waals surface area contributed by atoms with Crippen molar-refractivity contribution in [2.45, 2.75) is 44.2 Å². The number of carbonyl (C=O) groups excluding carboxylic acids is 1. The largest absolute Gasteiger partial charge is 0.339 e. The van der Waals surface area contributed by atoms with Crippen LogP contribution in [0.4, 0.5) is 0 Å². The molecule has 4 heteroatoms. The van der Waals surface area contributed by atoms with Gasteiger partial charge in [-0.05, 0) is 32.3 Å². The second kappa shape index (κ2) is 6.16. The molecule has 2 heterocycles. The SMILES string of the molecule is CC(C)N1CCN(C2CN(C(=O)C3(c4ccccc4)CC3)C2)CC1. The van der Waals surface area contributed by atoms with Crippen molar-refractivity contribution in [3.63, 3.8) is 0 Å². The molecule has 0 bridgehead atoms. The molecule has 0 unspecified atom stereocenters. The molecule has 1 saturated carbocycles. The molecule has 0 aromatic heterocycles. The van der Waals surface area contributed by atoms with E-state index >= 15 is 0 Å². The Morgan fingerprint density at radius 1 is 1.04 bits per heavy atom. The summed E-state index contributed by atoms with van der Waals surface area (Å²) in [5, 5.41) is 0. The summed E-state index contributed by atoms with van der Waals surface area (Å²) >= 11 is 0. The molecule has 1 aliphatic carbocycles. The van der Waals surface area contributed by atoms with E-state index in [-0.39, 0.29) is 5.41 Å². The molecule has 1 aromatic rings. The van der Waals surface area contributed by atoms with Crippen LogP contribution in [-0.2, 0) is 10.2 Å². The van der Waals surface area contributed by atoms with E-state index in [0.29, 0.717) is 18.0 Å². The maximum absolute atomic E-state index is 13.0. The van der Waals surface area contributed by atoms with Crippen LogP contribution in [0, 0.1) is 0 Å². The lowest BCUT2D eigenvalue weighted by atomic mass is 9.92. The molecule has 0 atom stereocenters. The van der Waals surface area contributed by atoms with Gasteiger partial charge in [-0.2, -0.15) is 0 Å². The van der Waals surface area contributed by atoms with Crippen molar-refractivity contribution in [2.24, 2.45) is 0 Å². The first-order chi connectivity index (χ1) is 11.6. The van der Waals surface area contributed by atoms with Gasteiger partial charge in [0.15, 0.2) is 0 Å². The predicted molar refractivity (Wildman–Crippen MR) is 96.0 cm³/mol. The zero-order valence-electron chi connectivity index (χ0n) is 14.9. The molecule has 0 N–H and O–H groups in total. The Morgan fingerprint density at radius 3 is 2.21 bits per heavy atom. The van der Waals surface area contributed by atoms with Crippen LogP contribution < -0.4 is 0 Å². The zero-order chi connectivity index (χ0) is 16.7. The molecule has 3 fully saturated rings. The monoisotopic (exact) mass is 327 g/mol. The first-order valence-corrected chi connectivity index (χ1v) is 9.43. The fourth-order valence-corrected chi connectivity index (χ4v) is 4.28. The molecule has 130 valence electrons. The molecular weight excluding hydrogens is 298 g/mol. The van der Waals surface area contributed by atoms with Gasteiger partial charge < -0.3 is 4.90 Å². The molecule has 0 radical (unpaired) electrons. The van der Waals surface area contributed by atoms with Crippen LogP contribution in [0.2, 0.25) is 0 Å². The van der Waals surface area contributed by atoms with E-state index in [9.17, 15) is 4.79 Å². The Balaban J connectivity index is 1.31. The van der Waals surface area contributed by atoms with Gasteiger partial charge in [0.2, 0.25) is 5.91 Å². The minimum atomic E-state index is -0.192. The topological polar surface area (TPSA) is 26.8 Å². The van der Waals surface area contributed by atoms with Crippen LogP contribution in [0.3, 0.4) is 0 Å². The normalized spacial score (nSPS) is 24.9. The van der Waals surface area contributed by atoms with Crippen molar-refractivity contribution in [3.05, 3.63) is 35.9 Å². The minimum Gasteiger partial charge on any atom is -0.339 e. The van der Waals surface area contributed by atoms with Crippen LogP contribution >= 0.6 is 0 Å². The van der Waals surface area contributed by atoms with Crippen molar-refractivity contribution in [1.29, 1.82) is 0 Å². The molecular formula is C20H29N3O. The van der Waals surface area contributed by atoms with Crippen LogP contribution in [0.5, 0.6) is 0 Å². The molecule has 1 aromatic carbocycles. The number of benzene rings is 1. The van der Waals surface area contributed by atoms with Gasteiger partial charge in [0.25, 0.3) is 0 Å². The van der Waals surface area contributed by atoms with Crippen molar-refractivity contribution in [2.75, 3.05) is 39.3 Å². The molecule has 0 spiro atoms. The Kier molecular flexibility index (Phi) is 4.13. The maximum atomic E-state index is 13.0. The van der Waals surface area contributed by atoms with E-state index in [1.165, 1.54) is 5.56 Å². The third-order valence-corrected chi connectivity index (χ3v) is 6.23. The number of hydrogen-bond acceptors (Lipinski definition) is 3. The third kappa shape index (κ3) is 2.76. The molecule has 2 aliphatic heterocycles. The number of rotatable bonds is 4. The van der Waals surface area contributed by atoms with E-state index in [1.807, 2.05) is 6.07 Å².